The van der Waals surface area contributed by atoms with Crippen molar-refractivity contribution >= 4 is 17.1 Å². The molecule has 0 fully saturated rings. The third kappa shape index (κ3) is 2.38. The van der Waals surface area contributed by atoms with Crippen LogP contribution in [0.1, 0.15) is 50.3 Å². The fourth-order valence-corrected chi connectivity index (χ4v) is 4.11. The van der Waals surface area contributed by atoms with Gasteiger partial charge in [0, 0.05) is 11.1 Å². The van der Waals surface area contributed by atoms with E-state index in [1.54, 1.807) is 0 Å². The Morgan fingerprint density at radius 2 is 1.08 bits per heavy atom. The molecule has 1 heterocycles. The molecule has 0 N–H and O–H groups in total. The van der Waals surface area contributed by atoms with Crippen LogP contribution in [0.25, 0.3) is 0 Å². The van der Waals surface area contributed by atoms with Crippen molar-refractivity contribution in [2.45, 2.75) is 39.0 Å². The first-order valence-corrected chi connectivity index (χ1v) is 9.10. The van der Waals surface area contributed by atoms with Crippen molar-refractivity contribution in [1.82, 2.24) is 0 Å². The molecule has 0 aliphatic carbocycles. The van der Waals surface area contributed by atoms with Crippen LogP contribution in [-0.4, -0.2) is 0 Å². The molecule has 0 radical (unpaired) electrons. The average Bonchev–Trinajstić information content (AvgIpc) is 2.62. The summed E-state index contributed by atoms with van der Waals surface area (Å²) in [4.78, 5) is 2.45. The molecular formula is C24H25N. The highest BCUT2D eigenvalue weighted by Gasteiger charge is 2.36. The molecule has 1 aliphatic heterocycles. The third-order valence-corrected chi connectivity index (χ3v) is 5.44. The van der Waals surface area contributed by atoms with Crippen LogP contribution >= 0.6 is 0 Å². The summed E-state index contributed by atoms with van der Waals surface area (Å²) in [5.41, 5.74) is 8.01. The lowest BCUT2D eigenvalue weighted by atomic mass is 9.73. The predicted octanol–water partition coefficient (Wildman–Crippen LogP) is 6.92. The van der Waals surface area contributed by atoms with E-state index in [1.165, 1.54) is 33.8 Å². The van der Waals surface area contributed by atoms with Crippen LogP contribution in [-0.2, 0) is 5.41 Å². The van der Waals surface area contributed by atoms with Crippen molar-refractivity contribution in [2.75, 3.05) is 4.90 Å². The Balaban J connectivity index is 2.05. The van der Waals surface area contributed by atoms with Gasteiger partial charge < -0.3 is 4.90 Å². The Labute approximate surface area is 150 Å². The van der Waals surface area contributed by atoms with Crippen molar-refractivity contribution in [3.05, 3.63) is 89.5 Å². The molecule has 25 heavy (non-hydrogen) atoms. The van der Waals surface area contributed by atoms with Crippen LogP contribution in [0.2, 0.25) is 0 Å². The second-order valence-electron chi connectivity index (χ2n) is 7.71. The molecular weight excluding hydrogens is 302 g/mol. The molecule has 0 amide bonds. The average molecular weight is 327 g/mol. The third-order valence-electron chi connectivity index (χ3n) is 5.44. The van der Waals surface area contributed by atoms with E-state index in [4.69, 9.17) is 0 Å². The van der Waals surface area contributed by atoms with Gasteiger partial charge in [0.2, 0.25) is 0 Å². The molecule has 0 bridgehead atoms. The Kier molecular flexibility index (Phi) is 3.68. The molecule has 0 saturated carbocycles. The van der Waals surface area contributed by atoms with Gasteiger partial charge in [-0.3, -0.25) is 0 Å². The molecule has 126 valence electrons. The topological polar surface area (TPSA) is 3.24 Å². The lowest BCUT2D eigenvalue weighted by Crippen LogP contribution is -2.30. The van der Waals surface area contributed by atoms with Gasteiger partial charge in [0.05, 0.1) is 11.4 Å². The van der Waals surface area contributed by atoms with Gasteiger partial charge in [0.1, 0.15) is 0 Å². The number of hydrogen-bond acceptors (Lipinski definition) is 1. The normalized spacial score (nSPS) is 15.0. The number of para-hydroxylation sites is 3. The largest absolute Gasteiger partial charge is 0.310 e. The number of fused-ring (bicyclic) bond motifs is 2. The quantitative estimate of drug-likeness (QED) is 0.494. The summed E-state index contributed by atoms with van der Waals surface area (Å²) < 4.78 is 0. The maximum Gasteiger partial charge on any atom is 0.0502 e. The molecule has 0 unspecified atom stereocenters. The van der Waals surface area contributed by atoms with Crippen LogP contribution in [0.5, 0.6) is 0 Å². The van der Waals surface area contributed by atoms with Gasteiger partial charge in [0.15, 0.2) is 0 Å². The Morgan fingerprint density at radius 3 is 1.60 bits per heavy atom. The van der Waals surface area contributed by atoms with Gasteiger partial charge in [-0.25, -0.2) is 0 Å². The summed E-state index contributed by atoms with van der Waals surface area (Å²) in [6, 6.07) is 26.5. The number of rotatable bonds is 2. The van der Waals surface area contributed by atoms with Crippen molar-refractivity contribution < 1.29 is 0 Å². The van der Waals surface area contributed by atoms with Gasteiger partial charge >= 0.3 is 0 Å². The van der Waals surface area contributed by atoms with Gasteiger partial charge in [-0.2, -0.15) is 0 Å². The number of benzene rings is 3. The summed E-state index contributed by atoms with van der Waals surface area (Å²) in [6.45, 7) is 9.20. The summed E-state index contributed by atoms with van der Waals surface area (Å²) in [6.07, 6.45) is 0. The minimum absolute atomic E-state index is 0.00351. The Morgan fingerprint density at radius 1 is 0.640 bits per heavy atom. The molecule has 0 aromatic heterocycles. The Hall–Kier alpha value is -2.54. The minimum atomic E-state index is -0.00351. The lowest BCUT2D eigenvalue weighted by molar-refractivity contribution is 0.631. The zero-order valence-corrected chi connectivity index (χ0v) is 15.5. The summed E-state index contributed by atoms with van der Waals surface area (Å²) in [5.74, 6) is 0.477. The minimum Gasteiger partial charge on any atom is -0.310 e. The molecule has 0 atom stereocenters. The standard InChI is InChI=1S/C24H25N/c1-17(2)18-11-5-8-14-21(18)25-22-15-9-6-12-19(22)24(3,4)20-13-7-10-16-23(20)25/h5-17H,1-4H3. The van der Waals surface area contributed by atoms with Gasteiger partial charge in [0.25, 0.3) is 0 Å². The number of nitrogens with zero attached hydrogens (tertiary/aromatic N) is 1. The highest BCUT2D eigenvalue weighted by Crippen LogP contribution is 2.52. The lowest BCUT2D eigenvalue weighted by Gasteiger charge is -2.42. The van der Waals surface area contributed by atoms with Gasteiger partial charge in [-0.15, -0.1) is 0 Å². The summed E-state index contributed by atoms with van der Waals surface area (Å²) in [5, 5.41) is 0. The van der Waals surface area contributed by atoms with Crippen LogP contribution in [0, 0.1) is 0 Å². The molecule has 0 saturated heterocycles. The summed E-state index contributed by atoms with van der Waals surface area (Å²) in [7, 11) is 0. The van der Waals surface area contributed by atoms with E-state index in [-0.39, 0.29) is 5.41 Å². The van der Waals surface area contributed by atoms with E-state index in [0.717, 1.165) is 0 Å². The predicted molar refractivity (Wildman–Crippen MR) is 107 cm³/mol. The molecule has 3 aromatic carbocycles. The second-order valence-corrected chi connectivity index (χ2v) is 7.71. The monoisotopic (exact) mass is 327 g/mol. The van der Waals surface area contributed by atoms with Crippen molar-refractivity contribution in [3.63, 3.8) is 0 Å². The maximum absolute atomic E-state index is 2.45. The number of anilines is 3. The Bertz CT molecular complexity index is 856. The van der Waals surface area contributed by atoms with Crippen molar-refractivity contribution in [2.24, 2.45) is 0 Å². The van der Waals surface area contributed by atoms with E-state index in [2.05, 4.69) is 105 Å². The molecule has 3 aromatic rings. The van der Waals surface area contributed by atoms with Crippen molar-refractivity contribution in [3.8, 4) is 0 Å². The van der Waals surface area contributed by atoms with Gasteiger partial charge in [-0.05, 0) is 40.8 Å². The van der Waals surface area contributed by atoms with Crippen LogP contribution in [0.4, 0.5) is 17.1 Å². The maximum atomic E-state index is 2.45. The molecule has 4 rings (SSSR count). The van der Waals surface area contributed by atoms with Crippen LogP contribution in [0.3, 0.4) is 0 Å². The first-order chi connectivity index (χ1) is 12.0. The molecule has 1 aliphatic rings. The highest BCUT2D eigenvalue weighted by atomic mass is 15.2. The number of hydrogen-bond donors (Lipinski definition) is 0. The van der Waals surface area contributed by atoms with Crippen LogP contribution < -0.4 is 4.90 Å². The van der Waals surface area contributed by atoms with Crippen LogP contribution in [0.15, 0.2) is 72.8 Å². The van der Waals surface area contributed by atoms with E-state index in [1.807, 2.05) is 0 Å². The van der Waals surface area contributed by atoms with Crippen molar-refractivity contribution in [1.29, 1.82) is 0 Å². The summed E-state index contributed by atoms with van der Waals surface area (Å²) >= 11 is 0. The fraction of sp³-hybridized carbons (Fsp3) is 0.250. The zero-order chi connectivity index (χ0) is 17.6. The van der Waals surface area contributed by atoms with E-state index >= 15 is 0 Å². The van der Waals surface area contributed by atoms with Gasteiger partial charge in [-0.1, -0.05) is 82.3 Å². The highest BCUT2D eigenvalue weighted by molar-refractivity contribution is 5.87. The molecule has 0 spiro atoms. The molecule has 1 nitrogen and oxygen atoms in total. The smallest absolute Gasteiger partial charge is 0.0502 e. The van der Waals surface area contributed by atoms with E-state index in [9.17, 15) is 0 Å². The first kappa shape index (κ1) is 16.0. The zero-order valence-electron chi connectivity index (χ0n) is 15.5. The molecule has 1 heteroatoms. The van der Waals surface area contributed by atoms with E-state index in [0.29, 0.717) is 5.92 Å². The SMILES string of the molecule is CC(C)c1ccccc1N1c2ccccc2C(C)(C)c2ccccc21. The second kappa shape index (κ2) is 5.77. The fourth-order valence-electron chi connectivity index (χ4n) is 4.11. The van der Waals surface area contributed by atoms with E-state index < -0.39 is 0 Å². The first-order valence-electron chi connectivity index (χ1n) is 9.10.